The number of amides is 3. The summed E-state index contributed by atoms with van der Waals surface area (Å²) in [4.78, 5) is 47.0. The first-order valence-corrected chi connectivity index (χ1v) is 7.61. The summed E-state index contributed by atoms with van der Waals surface area (Å²) in [6.45, 7) is 3.22. The molecule has 8 nitrogen and oxygen atoms in total. The summed E-state index contributed by atoms with van der Waals surface area (Å²) in [5, 5.41) is 2.39. The van der Waals surface area contributed by atoms with Gasteiger partial charge in [0.15, 0.2) is 11.5 Å². The largest absolute Gasteiger partial charge is 0.449 e. The Kier molecular flexibility index (Phi) is 5.43. The van der Waals surface area contributed by atoms with Crippen molar-refractivity contribution in [1.82, 2.24) is 5.32 Å². The van der Waals surface area contributed by atoms with Gasteiger partial charge in [-0.25, -0.2) is 9.59 Å². The molecule has 0 saturated heterocycles. The molecule has 1 atom stereocenters. The molecule has 3 amide bonds. The van der Waals surface area contributed by atoms with E-state index in [4.69, 9.17) is 26.5 Å². The van der Waals surface area contributed by atoms with Crippen LogP contribution in [0.25, 0.3) is 11.0 Å². The molecular weight excluding hydrogens is 352 g/mol. The minimum absolute atomic E-state index is 0.145. The first-order chi connectivity index (χ1) is 11.7. The SMILES string of the molecule is CC(C)[C@@H](OC(=O)c1cc(=O)c2cc(Cl)ccc2o1)C(=O)NC(N)=O. The van der Waals surface area contributed by atoms with E-state index in [1.807, 2.05) is 5.32 Å². The number of rotatable bonds is 4. The van der Waals surface area contributed by atoms with Crippen molar-refractivity contribution < 1.29 is 23.5 Å². The fourth-order valence-electron chi connectivity index (χ4n) is 2.09. The molecule has 2 rings (SSSR count). The van der Waals surface area contributed by atoms with Crippen molar-refractivity contribution in [3.05, 3.63) is 45.3 Å². The summed E-state index contributed by atoms with van der Waals surface area (Å²) in [6.07, 6.45) is -1.29. The lowest BCUT2D eigenvalue weighted by atomic mass is 10.1. The second kappa shape index (κ2) is 7.35. The van der Waals surface area contributed by atoms with Crippen LogP contribution in [0.4, 0.5) is 4.79 Å². The maximum atomic E-state index is 12.2. The van der Waals surface area contributed by atoms with Crippen molar-refractivity contribution in [2.45, 2.75) is 20.0 Å². The maximum absolute atomic E-state index is 12.2. The highest BCUT2D eigenvalue weighted by Crippen LogP contribution is 2.19. The number of carbonyl (C=O) groups is 3. The van der Waals surface area contributed by atoms with Crippen LogP contribution in [-0.4, -0.2) is 24.0 Å². The van der Waals surface area contributed by atoms with Gasteiger partial charge < -0.3 is 14.9 Å². The summed E-state index contributed by atoms with van der Waals surface area (Å²) in [5.74, 6) is -2.72. The maximum Gasteiger partial charge on any atom is 0.375 e. The molecule has 0 aliphatic heterocycles. The quantitative estimate of drug-likeness (QED) is 0.794. The number of esters is 1. The predicted octanol–water partition coefficient (Wildman–Crippen LogP) is 1.82. The molecule has 3 N–H and O–H groups in total. The Hall–Kier alpha value is -2.87. The van der Waals surface area contributed by atoms with Gasteiger partial charge >= 0.3 is 12.0 Å². The lowest BCUT2D eigenvalue weighted by Crippen LogP contribution is -2.45. The van der Waals surface area contributed by atoms with Gasteiger partial charge in [0.25, 0.3) is 5.91 Å². The van der Waals surface area contributed by atoms with E-state index in [0.717, 1.165) is 6.07 Å². The second-order valence-electron chi connectivity index (χ2n) is 5.54. The molecule has 132 valence electrons. The number of hydrogen-bond acceptors (Lipinski definition) is 6. The van der Waals surface area contributed by atoms with Gasteiger partial charge in [-0.3, -0.25) is 14.9 Å². The summed E-state index contributed by atoms with van der Waals surface area (Å²) in [6, 6.07) is 4.23. The average molecular weight is 367 g/mol. The van der Waals surface area contributed by atoms with Crippen molar-refractivity contribution in [2.24, 2.45) is 11.7 Å². The van der Waals surface area contributed by atoms with E-state index < -0.39 is 35.4 Å². The molecule has 2 aromatic rings. The van der Waals surface area contributed by atoms with Gasteiger partial charge in [-0.2, -0.15) is 0 Å². The van der Waals surface area contributed by atoms with Crippen LogP contribution in [0.1, 0.15) is 24.4 Å². The Labute approximate surface area is 146 Å². The van der Waals surface area contributed by atoms with Crippen LogP contribution in [0.15, 0.2) is 33.5 Å². The zero-order valence-corrected chi connectivity index (χ0v) is 14.1. The molecule has 0 saturated carbocycles. The second-order valence-corrected chi connectivity index (χ2v) is 5.98. The van der Waals surface area contributed by atoms with Gasteiger partial charge in [-0.15, -0.1) is 0 Å². The highest BCUT2D eigenvalue weighted by Gasteiger charge is 2.29. The highest BCUT2D eigenvalue weighted by atomic mass is 35.5. The van der Waals surface area contributed by atoms with Gasteiger partial charge in [0, 0.05) is 11.1 Å². The molecule has 0 unspecified atom stereocenters. The zero-order valence-electron chi connectivity index (χ0n) is 13.4. The summed E-state index contributed by atoms with van der Waals surface area (Å²) < 4.78 is 10.4. The van der Waals surface area contributed by atoms with Gasteiger partial charge in [0.1, 0.15) is 5.58 Å². The van der Waals surface area contributed by atoms with E-state index in [0.29, 0.717) is 5.02 Å². The molecule has 0 radical (unpaired) electrons. The highest BCUT2D eigenvalue weighted by molar-refractivity contribution is 6.31. The number of urea groups is 1. The topological polar surface area (TPSA) is 129 Å². The van der Waals surface area contributed by atoms with Crippen LogP contribution in [0.5, 0.6) is 0 Å². The first-order valence-electron chi connectivity index (χ1n) is 7.23. The minimum Gasteiger partial charge on any atom is -0.449 e. The molecule has 0 bridgehead atoms. The average Bonchev–Trinajstić information content (AvgIpc) is 2.51. The third-order valence-electron chi connectivity index (χ3n) is 3.23. The lowest BCUT2D eigenvalue weighted by molar-refractivity contribution is -0.131. The fraction of sp³-hybridized carbons (Fsp3) is 0.250. The number of ether oxygens (including phenoxy) is 1. The van der Waals surface area contributed by atoms with Gasteiger partial charge in [-0.1, -0.05) is 25.4 Å². The molecule has 9 heteroatoms. The number of primary amides is 1. The smallest absolute Gasteiger partial charge is 0.375 e. The van der Waals surface area contributed by atoms with E-state index in [-0.39, 0.29) is 16.7 Å². The Morgan fingerprint density at radius 3 is 2.52 bits per heavy atom. The van der Waals surface area contributed by atoms with Crippen molar-refractivity contribution in [3.63, 3.8) is 0 Å². The van der Waals surface area contributed by atoms with Crippen LogP contribution >= 0.6 is 11.6 Å². The van der Waals surface area contributed by atoms with E-state index in [2.05, 4.69) is 0 Å². The molecule has 0 aliphatic rings. The summed E-state index contributed by atoms with van der Waals surface area (Å²) in [7, 11) is 0. The normalized spacial score (nSPS) is 12.0. The molecule has 1 aromatic heterocycles. The Balaban J connectivity index is 2.31. The third kappa shape index (κ3) is 4.36. The van der Waals surface area contributed by atoms with Crippen molar-refractivity contribution in [1.29, 1.82) is 0 Å². The first kappa shape index (κ1) is 18.5. The molecule has 1 heterocycles. The molecular formula is C16H15ClN2O6. The van der Waals surface area contributed by atoms with Crippen LogP contribution in [0.3, 0.4) is 0 Å². The molecule has 25 heavy (non-hydrogen) atoms. The van der Waals surface area contributed by atoms with Gasteiger partial charge in [-0.05, 0) is 24.1 Å². The van der Waals surface area contributed by atoms with E-state index in [9.17, 15) is 19.2 Å². The number of hydrogen-bond donors (Lipinski definition) is 2. The van der Waals surface area contributed by atoms with Crippen LogP contribution in [0.2, 0.25) is 5.02 Å². The van der Waals surface area contributed by atoms with Crippen LogP contribution in [0, 0.1) is 5.92 Å². The molecule has 0 aliphatic carbocycles. The number of benzene rings is 1. The van der Waals surface area contributed by atoms with Gasteiger partial charge in [0.2, 0.25) is 5.76 Å². The zero-order chi connectivity index (χ0) is 18.7. The number of fused-ring (bicyclic) bond motifs is 1. The standard InChI is InChI=1S/C16H15ClN2O6/c1-7(2)13(14(21)19-16(18)23)25-15(22)12-6-10(20)9-5-8(17)3-4-11(9)24-12/h3-7,13H,1-2H3,(H3,18,19,21,23)/t13-/m1/s1. The number of nitrogens with two attached hydrogens (primary N) is 1. The Bertz CT molecular complexity index is 905. The minimum atomic E-state index is -1.29. The monoisotopic (exact) mass is 366 g/mol. The summed E-state index contributed by atoms with van der Waals surface area (Å²) in [5.41, 5.74) is 4.54. The summed E-state index contributed by atoms with van der Waals surface area (Å²) >= 11 is 5.82. The van der Waals surface area contributed by atoms with E-state index in [1.165, 1.54) is 18.2 Å². The van der Waals surface area contributed by atoms with Crippen LogP contribution in [-0.2, 0) is 9.53 Å². The predicted molar refractivity (Wildman–Crippen MR) is 89.3 cm³/mol. The number of nitrogens with one attached hydrogen (secondary N) is 1. The lowest BCUT2D eigenvalue weighted by Gasteiger charge is -2.19. The molecule has 1 aromatic carbocycles. The van der Waals surface area contributed by atoms with E-state index in [1.54, 1.807) is 13.8 Å². The van der Waals surface area contributed by atoms with Crippen molar-refractivity contribution in [2.75, 3.05) is 0 Å². The Morgan fingerprint density at radius 1 is 1.24 bits per heavy atom. The fourth-order valence-corrected chi connectivity index (χ4v) is 2.26. The number of halogens is 1. The van der Waals surface area contributed by atoms with Crippen molar-refractivity contribution in [3.8, 4) is 0 Å². The third-order valence-corrected chi connectivity index (χ3v) is 3.47. The Morgan fingerprint density at radius 2 is 1.92 bits per heavy atom. The number of carbonyl (C=O) groups excluding carboxylic acids is 3. The molecule has 0 spiro atoms. The number of imide groups is 1. The molecule has 0 fully saturated rings. The van der Waals surface area contributed by atoms with E-state index >= 15 is 0 Å². The van der Waals surface area contributed by atoms with Crippen molar-refractivity contribution >= 4 is 40.5 Å². The van der Waals surface area contributed by atoms with Gasteiger partial charge in [0.05, 0.1) is 5.39 Å². The van der Waals surface area contributed by atoms with Crippen LogP contribution < -0.4 is 16.5 Å².